The summed E-state index contributed by atoms with van der Waals surface area (Å²) in [7, 11) is 0. The number of rotatable bonds is 6. The molecule has 0 aliphatic rings. The number of nitrogens with zero attached hydrogens (tertiary/aromatic N) is 2. The number of carboxylic acid groups (broad SMARTS) is 4. The summed E-state index contributed by atoms with van der Waals surface area (Å²) >= 11 is 0. The van der Waals surface area contributed by atoms with Gasteiger partial charge in [-0.3, -0.25) is 9.59 Å². The monoisotopic (exact) mass is 284 g/mol. The molecule has 0 amide bonds. The van der Waals surface area contributed by atoms with Gasteiger partial charge < -0.3 is 20.4 Å². The predicted molar refractivity (Wildman–Crippen MR) is 58.6 cm³/mol. The van der Waals surface area contributed by atoms with Gasteiger partial charge in [0.25, 0.3) is 0 Å². The third kappa shape index (κ3) is 3.48. The normalized spacial score (nSPS) is 10.0. The first-order chi connectivity index (χ1) is 9.22. The van der Waals surface area contributed by atoms with Crippen molar-refractivity contribution in [2.75, 3.05) is 0 Å². The number of hydrogen-bond acceptors (Lipinski definition) is 6. The van der Waals surface area contributed by atoms with Crippen molar-refractivity contribution < 1.29 is 39.6 Å². The Kier molecular flexibility index (Phi) is 4.31. The van der Waals surface area contributed by atoms with Gasteiger partial charge in [-0.05, 0) is 0 Å². The number of carbonyl (C=O) groups is 4. The van der Waals surface area contributed by atoms with Gasteiger partial charge in [-0.15, -0.1) is 0 Å². The van der Waals surface area contributed by atoms with Crippen LogP contribution >= 0.6 is 0 Å². The van der Waals surface area contributed by atoms with Gasteiger partial charge in [-0.1, -0.05) is 0 Å². The Labute approximate surface area is 110 Å². The van der Waals surface area contributed by atoms with Crippen molar-refractivity contribution in [3.8, 4) is 0 Å². The molecule has 0 aliphatic carbocycles. The standard InChI is InChI=1S/C10H8N2O8/c13-5(14)1-3-7(9(17)18)12-4(2-6(15)16)8(11-3)10(19)20/h1-2H2,(H,13,14)(H,15,16)(H,17,18)(H,19,20). The van der Waals surface area contributed by atoms with E-state index in [2.05, 4.69) is 9.97 Å². The highest BCUT2D eigenvalue weighted by Crippen LogP contribution is 2.12. The fraction of sp³-hybridized carbons (Fsp3) is 0.200. The fourth-order valence-electron chi connectivity index (χ4n) is 1.38. The molecule has 1 aromatic heterocycles. The van der Waals surface area contributed by atoms with E-state index in [1.807, 2.05) is 0 Å². The molecule has 10 heteroatoms. The van der Waals surface area contributed by atoms with E-state index in [1.54, 1.807) is 0 Å². The van der Waals surface area contributed by atoms with Gasteiger partial charge in [0, 0.05) is 0 Å². The fourth-order valence-corrected chi connectivity index (χ4v) is 1.38. The van der Waals surface area contributed by atoms with Crippen LogP contribution < -0.4 is 0 Å². The van der Waals surface area contributed by atoms with Gasteiger partial charge in [-0.25, -0.2) is 19.6 Å². The van der Waals surface area contributed by atoms with Gasteiger partial charge >= 0.3 is 23.9 Å². The summed E-state index contributed by atoms with van der Waals surface area (Å²) in [5.74, 6) is -6.11. The van der Waals surface area contributed by atoms with Gasteiger partial charge in [0.2, 0.25) is 0 Å². The highest BCUT2D eigenvalue weighted by atomic mass is 16.4. The van der Waals surface area contributed by atoms with E-state index in [1.165, 1.54) is 0 Å². The average Bonchev–Trinajstić information content (AvgIpc) is 2.28. The molecule has 0 aliphatic heterocycles. The molecule has 10 nitrogen and oxygen atoms in total. The van der Waals surface area contributed by atoms with Gasteiger partial charge in [0.15, 0.2) is 11.4 Å². The van der Waals surface area contributed by atoms with Crippen molar-refractivity contribution in [3.05, 3.63) is 22.8 Å². The van der Waals surface area contributed by atoms with E-state index < -0.39 is 59.5 Å². The Hall–Kier alpha value is -3.04. The second kappa shape index (κ2) is 5.73. The van der Waals surface area contributed by atoms with Crippen LogP contribution in [0.25, 0.3) is 0 Å². The van der Waals surface area contributed by atoms with E-state index in [0.717, 1.165) is 0 Å². The minimum Gasteiger partial charge on any atom is -0.481 e. The summed E-state index contributed by atoms with van der Waals surface area (Å²) in [6.45, 7) is 0. The Morgan fingerprint density at radius 3 is 1.20 bits per heavy atom. The van der Waals surface area contributed by atoms with Crippen molar-refractivity contribution in [2.24, 2.45) is 0 Å². The highest BCUT2D eigenvalue weighted by molar-refractivity contribution is 5.92. The van der Waals surface area contributed by atoms with E-state index in [4.69, 9.17) is 20.4 Å². The first-order valence-electron chi connectivity index (χ1n) is 5.02. The van der Waals surface area contributed by atoms with Crippen LogP contribution in [0, 0.1) is 0 Å². The molecule has 1 aromatic rings. The summed E-state index contributed by atoms with van der Waals surface area (Å²) in [6.07, 6.45) is -1.69. The van der Waals surface area contributed by atoms with E-state index in [0.29, 0.717) is 0 Å². The lowest BCUT2D eigenvalue weighted by Crippen LogP contribution is -2.20. The van der Waals surface area contributed by atoms with E-state index >= 15 is 0 Å². The lowest BCUT2D eigenvalue weighted by atomic mass is 10.1. The largest absolute Gasteiger partial charge is 0.481 e. The zero-order valence-electron chi connectivity index (χ0n) is 9.73. The zero-order valence-corrected chi connectivity index (χ0v) is 9.73. The molecule has 0 unspecified atom stereocenters. The van der Waals surface area contributed by atoms with Crippen molar-refractivity contribution in [1.82, 2.24) is 9.97 Å². The highest BCUT2D eigenvalue weighted by Gasteiger charge is 2.24. The molecular weight excluding hydrogens is 276 g/mol. The Bertz CT molecular complexity index is 556. The molecular formula is C10H8N2O8. The summed E-state index contributed by atoms with van der Waals surface area (Å²) < 4.78 is 0. The second-order valence-electron chi connectivity index (χ2n) is 3.57. The third-order valence-electron chi connectivity index (χ3n) is 2.08. The maximum absolute atomic E-state index is 10.9. The molecule has 0 saturated carbocycles. The number of aromatic carboxylic acids is 2. The van der Waals surface area contributed by atoms with E-state index in [-0.39, 0.29) is 0 Å². The molecule has 1 rings (SSSR count). The SMILES string of the molecule is O=C(O)Cc1nc(C(=O)O)c(CC(=O)O)nc1C(=O)O. The molecule has 1 heterocycles. The second-order valence-corrected chi connectivity index (χ2v) is 3.57. The predicted octanol–water partition coefficient (Wildman–Crippen LogP) is -0.873. The maximum Gasteiger partial charge on any atom is 0.356 e. The van der Waals surface area contributed by atoms with Crippen LogP contribution in [0.3, 0.4) is 0 Å². The summed E-state index contributed by atoms with van der Waals surface area (Å²) in [5.41, 5.74) is -2.68. The maximum atomic E-state index is 10.9. The number of aliphatic carboxylic acids is 2. The van der Waals surface area contributed by atoms with Crippen LogP contribution in [0.15, 0.2) is 0 Å². The van der Waals surface area contributed by atoms with E-state index in [9.17, 15) is 19.2 Å². The van der Waals surface area contributed by atoms with Gasteiger partial charge in [-0.2, -0.15) is 0 Å². The number of carboxylic acids is 4. The molecule has 0 atom stereocenters. The average molecular weight is 284 g/mol. The van der Waals surface area contributed by atoms with Gasteiger partial charge in [0.1, 0.15) is 0 Å². The first-order valence-corrected chi connectivity index (χ1v) is 5.02. The molecule has 0 spiro atoms. The van der Waals surface area contributed by atoms with Crippen LogP contribution in [0.1, 0.15) is 32.4 Å². The lowest BCUT2D eigenvalue weighted by Gasteiger charge is -2.08. The molecule has 0 bridgehead atoms. The topological polar surface area (TPSA) is 175 Å². The van der Waals surface area contributed by atoms with Crippen LogP contribution in [0.2, 0.25) is 0 Å². The van der Waals surface area contributed by atoms with Crippen LogP contribution in [-0.2, 0) is 22.4 Å². The molecule has 4 N–H and O–H groups in total. The minimum atomic E-state index is -1.63. The van der Waals surface area contributed by atoms with Crippen LogP contribution in [0.4, 0.5) is 0 Å². The molecule has 106 valence electrons. The Balaban J connectivity index is 3.50. The molecule has 0 saturated heterocycles. The van der Waals surface area contributed by atoms with Crippen LogP contribution in [-0.4, -0.2) is 54.3 Å². The molecule has 0 fully saturated rings. The molecule has 0 aromatic carbocycles. The third-order valence-corrected chi connectivity index (χ3v) is 2.08. The van der Waals surface area contributed by atoms with Crippen molar-refractivity contribution in [2.45, 2.75) is 12.8 Å². The molecule has 20 heavy (non-hydrogen) atoms. The first kappa shape index (κ1) is 15.0. The van der Waals surface area contributed by atoms with Gasteiger partial charge in [0.05, 0.1) is 24.2 Å². The smallest absolute Gasteiger partial charge is 0.356 e. The zero-order chi connectivity index (χ0) is 15.4. The summed E-state index contributed by atoms with van der Waals surface area (Å²) in [4.78, 5) is 49.8. The van der Waals surface area contributed by atoms with Crippen LogP contribution in [0.5, 0.6) is 0 Å². The lowest BCUT2D eigenvalue weighted by molar-refractivity contribution is -0.137. The van der Waals surface area contributed by atoms with Crippen molar-refractivity contribution in [1.29, 1.82) is 0 Å². The Morgan fingerprint density at radius 2 is 1.00 bits per heavy atom. The Morgan fingerprint density at radius 1 is 0.700 bits per heavy atom. The minimum absolute atomic E-state index is 0.559. The quantitative estimate of drug-likeness (QED) is 0.513. The summed E-state index contributed by atoms with van der Waals surface area (Å²) in [5, 5.41) is 35.0. The number of hydrogen-bond donors (Lipinski definition) is 4. The van der Waals surface area contributed by atoms with Crippen molar-refractivity contribution >= 4 is 23.9 Å². The molecule has 0 radical (unpaired) electrons. The summed E-state index contributed by atoms with van der Waals surface area (Å²) in [6, 6.07) is 0. The number of aromatic nitrogens is 2. The van der Waals surface area contributed by atoms with Crippen molar-refractivity contribution in [3.63, 3.8) is 0 Å².